The molecule has 0 spiro atoms. The summed E-state index contributed by atoms with van der Waals surface area (Å²) in [5.41, 5.74) is 15.5. The molecule has 1 aliphatic carbocycles. The van der Waals surface area contributed by atoms with Crippen molar-refractivity contribution >= 4 is 35.0 Å². The maximum atomic E-state index is 13.5. The Hall–Kier alpha value is -2.64. The van der Waals surface area contributed by atoms with Crippen LogP contribution in [-0.2, 0) is 6.42 Å². The first-order valence-corrected chi connectivity index (χ1v) is 10.6. The van der Waals surface area contributed by atoms with E-state index in [-0.39, 0.29) is 30.3 Å². The van der Waals surface area contributed by atoms with E-state index in [9.17, 15) is 9.18 Å². The van der Waals surface area contributed by atoms with Crippen LogP contribution < -0.4 is 16.8 Å². The summed E-state index contributed by atoms with van der Waals surface area (Å²) in [6.45, 7) is 2.11. The normalized spacial score (nSPS) is 18.5. The average molecular weight is 446 g/mol. The van der Waals surface area contributed by atoms with Crippen molar-refractivity contribution in [3.8, 4) is 5.69 Å². The highest BCUT2D eigenvalue weighted by molar-refractivity contribution is 6.06. The molecule has 0 atom stereocenters. The SMILES string of the molecule is CCCc1cc2c(NC3CCC(N)CC3)c(C(N)=O)cnc2n1-c1ccc(F)cc1.Cl. The van der Waals surface area contributed by atoms with Crippen molar-refractivity contribution in [3.63, 3.8) is 0 Å². The zero-order valence-corrected chi connectivity index (χ0v) is 18.4. The molecule has 0 radical (unpaired) electrons. The number of amides is 1. The van der Waals surface area contributed by atoms with Crippen molar-refractivity contribution < 1.29 is 9.18 Å². The fourth-order valence-corrected chi connectivity index (χ4v) is 4.33. The number of nitrogens with zero attached hydrogens (tertiary/aromatic N) is 2. The molecule has 2 heterocycles. The quantitative estimate of drug-likeness (QED) is 0.526. The minimum absolute atomic E-state index is 0. The summed E-state index contributed by atoms with van der Waals surface area (Å²) in [5, 5.41) is 4.42. The van der Waals surface area contributed by atoms with Crippen molar-refractivity contribution in [2.45, 2.75) is 57.5 Å². The Kier molecular flexibility index (Phi) is 7.18. The van der Waals surface area contributed by atoms with E-state index in [1.165, 1.54) is 18.3 Å². The standard InChI is InChI=1S/C23H28FN5O.ClH/c1-2-3-18-12-19-21(28-16-8-6-15(25)7-9-16)20(22(26)30)13-27-23(19)29(18)17-10-4-14(24)5-11-17;/h4-5,10-13,15-16H,2-3,6-9,25H2,1H3,(H2,26,30)(H,27,28);1H. The molecule has 166 valence electrons. The molecule has 8 heteroatoms. The van der Waals surface area contributed by atoms with Gasteiger partial charge >= 0.3 is 0 Å². The number of primary amides is 1. The lowest BCUT2D eigenvalue weighted by Crippen LogP contribution is -2.33. The molecule has 3 aromatic rings. The number of halogens is 2. The Labute approximate surface area is 187 Å². The molecule has 5 N–H and O–H groups in total. The number of rotatable bonds is 6. The van der Waals surface area contributed by atoms with Crippen LogP contribution in [0.15, 0.2) is 36.5 Å². The maximum absolute atomic E-state index is 13.5. The fourth-order valence-electron chi connectivity index (χ4n) is 4.33. The third-order valence-corrected chi connectivity index (χ3v) is 5.88. The molecule has 0 bridgehead atoms. The van der Waals surface area contributed by atoms with Gasteiger partial charge in [0.1, 0.15) is 11.5 Å². The van der Waals surface area contributed by atoms with E-state index >= 15 is 0 Å². The number of anilines is 1. The van der Waals surface area contributed by atoms with Gasteiger partial charge in [0.15, 0.2) is 0 Å². The number of carbonyl (C=O) groups excluding carboxylic acids is 1. The summed E-state index contributed by atoms with van der Waals surface area (Å²) in [6.07, 6.45) is 7.12. The molecule has 2 aromatic heterocycles. The van der Waals surface area contributed by atoms with Gasteiger partial charge in [0.05, 0.1) is 11.3 Å². The third-order valence-electron chi connectivity index (χ3n) is 5.88. The highest BCUT2D eigenvalue weighted by Crippen LogP contribution is 2.33. The molecule has 1 aromatic carbocycles. The summed E-state index contributed by atoms with van der Waals surface area (Å²) >= 11 is 0. The van der Waals surface area contributed by atoms with E-state index < -0.39 is 5.91 Å². The van der Waals surface area contributed by atoms with Gasteiger partial charge in [-0.3, -0.25) is 9.36 Å². The smallest absolute Gasteiger partial charge is 0.252 e. The number of aryl methyl sites for hydroxylation is 1. The Balaban J connectivity index is 0.00000272. The van der Waals surface area contributed by atoms with E-state index in [0.29, 0.717) is 5.56 Å². The number of hydrogen-bond acceptors (Lipinski definition) is 4. The Morgan fingerprint density at radius 2 is 1.90 bits per heavy atom. The monoisotopic (exact) mass is 445 g/mol. The van der Waals surface area contributed by atoms with E-state index in [1.807, 2.05) is 4.57 Å². The summed E-state index contributed by atoms with van der Waals surface area (Å²) in [5.74, 6) is -0.792. The van der Waals surface area contributed by atoms with Crippen LogP contribution in [0, 0.1) is 5.82 Å². The second-order valence-corrected chi connectivity index (χ2v) is 8.10. The van der Waals surface area contributed by atoms with Crippen LogP contribution in [0.5, 0.6) is 0 Å². The first-order valence-electron chi connectivity index (χ1n) is 10.6. The maximum Gasteiger partial charge on any atom is 0.252 e. The van der Waals surface area contributed by atoms with Crippen LogP contribution >= 0.6 is 12.4 Å². The lowest BCUT2D eigenvalue weighted by Gasteiger charge is -2.28. The Morgan fingerprint density at radius 1 is 1.23 bits per heavy atom. The zero-order valence-electron chi connectivity index (χ0n) is 17.6. The number of pyridine rings is 1. The van der Waals surface area contributed by atoms with Gasteiger partial charge in [-0.1, -0.05) is 13.3 Å². The van der Waals surface area contributed by atoms with Gasteiger partial charge in [0.25, 0.3) is 5.91 Å². The highest BCUT2D eigenvalue weighted by atomic mass is 35.5. The number of carbonyl (C=O) groups is 1. The van der Waals surface area contributed by atoms with Gasteiger partial charge in [0.2, 0.25) is 0 Å². The number of nitrogens with one attached hydrogen (secondary N) is 1. The lowest BCUT2D eigenvalue weighted by molar-refractivity contribution is 0.100. The molecule has 0 unspecified atom stereocenters. The van der Waals surface area contributed by atoms with Gasteiger partial charge in [-0.15, -0.1) is 12.4 Å². The molecule has 4 rings (SSSR count). The summed E-state index contributed by atoms with van der Waals surface area (Å²) in [6, 6.07) is 8.92. The molecule has 1 saturated carbocycles. The van der Waals surface area contributed by atoms with Crippen molar-refractivity contribution in [1.82, 2.24) is 9.55 Å². The number of nitrogens with two attached hydrogens (primary N) is 2. The first-order chi connectivity index (χ1) is 14.5. The van der Waals surface area contributed by atoms with Crippen LogP contribution in [-0.4, -0.2) is 27.5 Å². The minimum atomic E-state index is -0.508. The van der Waals surface area contributed by atoms with Crippen LogP contribution in [0.1, 0.15) is 55.1 Å². The second kappa shape index (κ2) is 9.66. The van der Waals surface area contributed by atoms with E-state index in [4.69, 9.17) is 11.5 Å². The summed E-state index contributed by atoms with van der Waals surface area (Å²) in [4.78, 5) is 16.7. The van der Waals surface area contributed by atoms with Crippen molar-refractivity contribution in [2.75, 3.05) is 5.32 Å². The lowest BCUT2D eigenvalue weighted by atomic mass is 9.91. The van der Waals surface area contributed by atoms with Gasteiger partial charge < -0.3 is 16.8 Å². The Bertz CT molecular complexity index is 1060. The molecule has 6 nitrogen and oxygen atoms in total. The van der Waals surface area contributed by atoms with E-state index in [1.54, 1.807) is 12.1 Å². The molecule has 0 aliphatic heterocycles. The fraction of sp³-hybridized carbons (Fsp3) is 0.391. The summed E-state index contributed by atoms with van der Waals surface area (Å²) in [7, 11) is 0. The number of benzene rings is 1. The highest BCUT2D eigenvalue weighted by Gasteiger charge is 2.24. The molecule has 0 saturated heterocycles. The summed E-state index contributed by atoms with van der Waals surface area (Å²) < 4.78 is 15.5. The number of aromatic nitrogens is 2. The number of fused-ring (bicyclic) bond motifs is 1. The largest absolute Gasteiger partial charge is 0.381 e. The van der Waals surface area contributed by atoms with Crippen molar-refractivity contribution in [3.05, 3.63) is 53.6 Å². The van der Waals surface area contributed by atoms with Crippen LogP contribution in [0.4, 0.5) is 10.1 Å². The predicted molar refractivity (Wildman–Crippen MR) is 125 cm³/mol. The topological polar surface area (TPSA) is 99.0 Å². The number of hydrogen-bond donors (Lipinski definition) is 3. The van der Waals surface area contributed by atoms with Crippen LogP contribution in [0.3, 0.4) is 0 Å². The van der Waals surface area contributed by atoms with Gasteiger partial charge in [-0.2, -0.15) is 0 Å². The zero-order chi connectivity index (χ0) is 21.3. The van der Waals surface area contributed by atoms with Gasteiger partial charge in [-0.05, 0) is 62.4 Å². The molecule has 1 amide bonds. The molecule has 1 fully saturated rings. The van der Waals surface area contributed by atoms with Gasteiger partial charge in [0, 0.05) is 35.0 Å². The minimum Gasteiger partial charge on any atom is -0.381 e. The Morgan fingerprint density at radius 3 is 2.52 bits per heavy atom. The molecule has 1 aliphatic rings. The van der Waals surface area contributed by atoms with E-state index in [2.05, 4.69) is 23.3 Å². The molecular weight excluding hydrogens is 417 g/mol. The van der Waals surface area contributed by atoms with Crippen LogP contribution in [0.2, 0.25) is 0 Å². The molecule has 31 heavy (non-hydrogen) atoms. The van der Waals surface area contributed by atoms with Crippen molar-refractivity contribution in [2.24, 2.45) is 11.5 Å². The van der Waals surface area contributed by atoms with Crippen LogP contribution in [0.25, 0.3) is 16.7 Å². The molecular formula is C23H29ClFN5O. The van der Waals surface area contributed by atoms with E-state index in [0.717, 1.165) is 66.6 Å². The second-order valence-electron chi connectivity index (χ2n) is 8.10. The third kappa shape index (κ3) is 4.67. The van der Waals surface area contributed by atoms with Gasteiger partial charge in [-0.25, -0.2) is 9.37 Å². The first kappa shape index (κ1) is 23.0. The average Bonchev–Trinajstić information content (AvgIpc) is 3.09. The van der Waals surface area contributed by atoms with Crippen molar-refractivity contribution in [1.29, 1.82) is 0 Å². The predicted octanol–water partition coefficient (Wildman–Crippen LogP) is 4.32.